The summed E-state index contributed by atoms with van der Waals surface area (Å²) in [5, 5.41) is 1.90. The Hall–Kier alpha value is -1.27. The van der Waals surface area contributed by atoms with E-state index in [9.17, 15) is 4.79 Å². The van der Waals surface area contributed by atoms with Gasteiger partial charge in [0.15, 0.2) is 5.78 Å². The molecule has 0 radical (unpaired) electrons. The summed E-state index contributed by atoms with van der Waals surface area (Å²) in [5.74, 6) is 0.0205. The van der Waals surface area contributed by atoms with Gasteiger partial charge >= 0.3 is 0 Å². The molecule has 3 rings (SSSR count). The van der Waals surface area contributed by atoms with Crippen LogP contribution in [0.1, 0.15) is 15.9 Å². The maximum absolute atomic E-state index is 12.8. The van der Waals surface area contributed by atoms with Crippen LogP contribution in [0.2, 0.25) is 0 Å². The van der Waals surface area contributed by atoms with Crippen molar-refractivity contribution in [3.05, 3.63) is 74.0 Å². The van der Waals surface area contributed by atoms with Gasteiger partial charge in [-0.15, -0.1) is 0 Å². The fraction of sp³-hybridized carbons (Fsp3) is 0. The Bertz CT molecular complexity index is 811. The Labute approximate surface area is 138 Å². The zero-order chi connectivity index (χ0) is 14.1. The topological polar surface area (TPSA) is 30.0 Å². The van der Waals surface area contributed by atoms with Gasteiger partial charge in [0.2, 0.25) is 0 Å². The van der Waals surface area contributed by atoms with Gasteiger partial charge in [-0.1, -0.05) is 34.1 Å². The highest BCUT2D eigenvalue weighted by molar-refractivity contribution is 14.1. The molecule has 4 heteroatoms. The molecule has 0 bridgehead atoms. The van der Waals surface area contributed by atoms with E-state index in [1.807, 2.05) is 42.5 Å². The lowest BCUT2D eigenvalue weighted by Crippen LogP contribution is -2.03. The minimum atomic E-state index is 0.0205. The maximum atomic E-state index is 12.8. The average molecular weight is 438 g/mol. The van der Waals surface area contributed by atoms with Gasteiger partial charge in [0.1, 0.15) is 0 Å². The van der Waals surface area contributed by atoms with Crippen molar-refractivity contribution in [2.45, 2.75) is 0 Å². The van der Waals surface area contributed by atoms with E-state index in [0.717, 1.165) is 18.8 Å². The van der Waals surface area contributed by atoms with Gasteiger partial charge in [-0.3, -0.25) is 9.78 Å². The molecule has 0 aliphatic heterocycles. The predicted molar refractivity (Wildman–Crippen MR) is 92.0 cm³/mol. The zero-order valence-corrected chi connectivity index (χ0v) is 14.1. The highest BCUT2D eigenvalue weighted by Gasteiger charge is 2.15. The first-order valence-corrected chi connectivity index (χ1v) is 7.86. The molecule has 2 nitrogen and oxygen atoms in total. The standard InChI is InChI=1S/C16H9BrINO/c17-15-5-4-11(18)8-14(15)16(20)13-3-1-2-10-9-19-7-6-12(10)13/h1-9H. The fourth-order valence-corrected chi connectivity index (χ4v) is 3.06. The molecular weight excluding hydrogens is 429 g/mol. The number of hydrogen-bond acceptors (Lipinski definition) is 2. The van der Waals surface area contributed by atoms with E-state index in [4.69, 9.17) is 0 Å². The van der Waals surface area contributed by atoms with E-state index in [2.05, 4.69) is 43.5 Å². The normalized spacial score (nSPS) is 10.7. The number of fused-ring (bicyclic) bond motifs is 1. The Morgan fingerprint density at radius 1 is 1.10 bits per heavy atom. The van der Waals surface area contributed by atoms with Crippen molar-refractivity contribution in [1.29, 1.82) is 0 Å². The SMILES string of the molecule is O=C(c1cc(I)ccc1Br)c1cccc2cnccc12. The van der Waals surface area contributed by atoms with Crippen LogP contribution in [0, 0.1) is 3.57 Å². The van der Waals surface area contributed by atoms with Crippen molar-refractivity contribution >= 4 is 55.1 Å². The lowest BCUT2D eigenvalue weighted by Gasteiger charge is -2.07. The van der Waals surface area contributed by atoms with Crippen LogP contribution in [-0.4, -0.2) is 10.8 Å². The third-order valence-corrected chi connectivity index (χ3v) is 4.46. The van der Waals surface area contributed by atoms with Crippen LogP contribution in [-0.2, 0) is 0 Å². The molecule has 0 aliphatic carbocycles. The Morgan fingerprint density at radius 3 is 2.80 bits per heavy atom. The molecule has 0 fully saturated rings. The van der Waals surface area contributed by atoms with Gasteiger partial charge in [-0.05, 0) is 52.2 Å². The molecule has 0 atom stereocenters. The molecule has 3 aromatic rings. The van der Waals surface area contributed by atoms with E-state index in [0.29, 0.717) is 11.1 Å². The molecule has 1 heterocycles. The number of benzene rings is 2. The maximum Gasteiger partial charge on any atom is 0.194 e. The molecule has 0 saturated carbocycles. The van der Waals surface area contributed by atoms with E-state index in [1.165, 1.54) is 0 Å². The van der Waals surface area contributed by atoms with Crippen molar-refractivity contribution < 1.29 is 4.79 Å². The predicted octanol–water partition coefficient (Wildman–Crippen LogP) is 4.83. The van der Waals surface area contributed by atoms with Crippen LogP contribution < -0.4 is 0 Å². The molecule has 0 unspecified atom stereocenters. The van der Waals surface area contributed by atoms with Crippen LogP contribution in [0.25, 0.3) is 10.8 Å². The number of halogens is 2. The van der Waals surface area contributed by atoms with Gasteiger partial charge < -0.3 is 0 Å². The summed E-state index contributed by atoms with van der Waals surface area (Å²) >= 11 is 5.67. The van der Waals surface area contributed by atoms with E-state index < -0.39 is 0 Å². The molecule has 0 saturated heterocycles. The van der Waals surface area contributed by atoms with Crippen LogP contribution in [0.5, 0.6) is 0 Å². The summed E-state index contributed by atoms with van der Waals surface area (Å²) in [5.41, 5.74) is 1.38. The molecule has 98 valence electrons. The summed E-state index contributed by atoms with van der Waals surface area (Å²) in [6.45, 7) is 0. The number of hydrogen-bond donors (Lipinski definition) is 0. The van der Waals surface area contributed by atoms with Gasteiger partial charge in [0, 0.05) is 36.9 Å². The Morgan fingerprint density at radius 2 is 1.95 bits per heavy atom. The summed E-state index contributed by atoms with van der Waals surface area (Å²) in [6, 6.07) is 13.4. The summed E-state index contributed by atoms with van der Waals surface area (Å²) in [7, 11) is 0. The molecule has 2 aromatic carbocycles. The second-order valence-corrected chi connectivity index (χ2v) is 6.46. The van der Waals surface area contributed by atoms with Gasteiger partial charge in [-0.2, -0.15) is 0 Å². The molecule has 0 N–H and O–H groups in total. The lowest BCUT2D eigenvalue weighted by molar-refractivity contribution is 0.103. The second kappa shape index (κ2) is 5.61. The summed E-state index contributed by atoms with van der Waals surface area (Å²) in [6.07, 6.45) is 3.48. The highest BCUT2D eigenvalue weighted by Crippen LogP contribution is 2.26. The summed E-state index contributed by atoms with van der Waals surface area (Å²) in [4.78, 5) is 16.9. The van der Waals surface area contributed by atoms with E-state index in [-0.39, 0.29) is 5.78 Å². The monoisotopic (exact) mass is 437 g/mol. The first kappa shape index (κ1) is 13.7. The number of nitrogens with zero attached hydrogens (tertiary/aromatic N) is 1. The van der Waals surface area contributed by atoms with Crippen molar-refractivity contribution in [3.8, 4) is 0 Å². The third-order valence-electron chi connectivity index (χ3n) is 3.10. The second-order valence-electron chi connectivity index (χ2n) is 4.36. The number of ketones is 1. The van der Waals surface area contributed by atoms with Gasteiger partial charge in [0.25, 0.3) is 0 Å². The van der Waals surface area contributed by atoms with Crippen LogP contribution in [0.3, 0.4) is 0 Å². The molecule has 20 heavy (non-hydrogen) atoms. The quantitative estimate of drug-likeness (QED) is 0.424. The molecule has 0 amide bonds. The Kier molecular flexibility index (Phi) is 3.85. The summed E-state index contributed by atoms with van der Waals surface area (Å²) < 4.78 is 1.85. The molecule has 0 spiro atoms. The van der Waals surface area contributed by atoms with Crippen LogP contribution >= 0.6 is 38.5 Å². The van der Waals surface area contributed by atoms with E-state index in [1.54, 1.807) is 12.4 Å². The number of carbonyl (C=O) groups is 1. The van der Waals surface area contributed by atoms with Gasteiger partial charge in [0.05, 0.1) is 0 Å². The number of rotatable bonds is 2. The Balaban J connectivity index is 2.20. The van der Waals surface area contributed by atoms with Crippen LogP contribution in [0.15, 0.2) is 59.3 Å². The minimum absolute atomic E-state index is 0.0205. The number of carbonyl (C=O) groups excluding carboxylic acids is 1. The zero-order valence-electron chi connectivity index (χ0n) is 10.3. The first-order chi connectivity index (χ1) is 9.66. The highest BCUT2D eigenvalue weighted by atomic mass is 127. The van der Waals surface area contributed by atoms with Gasteiger partial charge in [-0.25, -0.2) is 0 Å². The molecule has 1 aromatic heterocycles. The fourth-order valence-electron chi connectivity index (χ4n) is 2.14. The number of pyridine rings is 1. The van der Waals surface area contributed by atoms with Crippen molar-refractivity contribution in [1.82, 2.24) is 4.98 Å². The van der Waals surface area contributed by atoms with Crippen molar-refractivity contribution in [3.63, 3.8) is 0 Å². The average Bonchev–Trinajstić information content (AvgIpc) is 2.48. The molecule has 0 aliphatic rings. The largest absolute Gasteiger partial charge is 0.289 e. The number of aromatic nitrogens is 1. The smallest absolute Gasteiger partial charge is 0.194 e. The third kappa shape index (κ3) is 2.50. The first-order valence-electron chi connectivity index (χ1n) is 5.99. The molecular formula is C16H9BrINO. The van der Waals surface area contributed by atoms with E-state index >= 15 is 0 Å². The van der Waals surface area contributed by atoms with Crippen molar-refractivity contribution in [2.24, 2.45) is 0 Å². The van der Waals surface area contributed by atoms with Crippen LogP contribution in [0.4, 0.5) is 0 Å². The van der Waals surface area contributed by atoms with Crippen molar-refractivity contribution in [2.75, 3.05) is 0 Å². The minimum Gasteiger partial charge on any atom is -0.289 e. The lowest BCUT2D eigenvalue weighted by atomic mass is 9.98.